The molecular weight excluding hydrogens is 815 g/mol. The van der Waals surface area contributed by atoms with Crippen LogP contribution in [0, 0.1) is 11.8 Å². The van der Waals surface area contributed by atoms with E-state index in [2.05, 4.69) is 43.0 Å². The van der Waals surface area contributed by atoms with Crippen LogP contribution in [-0.4, -0.2) is 81.7 Å². The highest BCUT2D eigenvalue weighted by Crippen LogP contribution is 2.37. The molecule has 2 atom stereocenters. The van der Waals surface area contributed by atoms with E-state index in [9.17, 15) is 14.4 Å². The summed E-state index contributed by atoms with van der Waals surface area (Å²) in [6.07, 6.45) is 4.51. The Morgan fingerprint density at radius 1 is 0.738 bits per heavy atom. The largest absolute Gasteiger partial charge is 0.490 e. The molecule has 2 aromatic carbocycles. The number of amides is 3. The van der Waals surface area contributed by atoms with Crippen LogP contribution in [0.4, 0.5) is 4.79 Å². The van der Waals surface area contributed by atoms with Crippen LogP contribution in [0.3, 0.4) is 0 Å². The standard InChI is InChI=1S/C26H34ClN3O4.C21H26ClN3O2/c1-16(2)13-26(6,29-24(32)34-25(3,4)5)15-33-21-9-8-17(12-19(21)27)18-10-11-28-20-14-30(7)23(31)22(18)20;1-13(2)10-21(3,23)12-27-18-6-5-14(9-16(18)22)15-7-8-24-17-11-25(4)20(26)19(15)17/h8-12,16H,13-15H2,1-7H3,(H,29,32);5-9,13H,10-12,23H2,1-4H3/t26-;21-/m00/s1. The Hall–Kier alpha value is -4.91. The van der Waals surface area contributed by atoms with Gasteiger partial charge in [-0.3, -0.25) is 19.6 Å². The Morgan fingerprint density at radius 2 is 1.18 bits per heavy atom. The summed E-state index contributed by atoms with van der Waals surface area (Å²) in [5, 5.41) is 3.89. The van der Waals surface area contributed by atoms with Crippen LogP contribution in [0.1, 0.15) is 107 Å². The first-order chi connectivity index (χ1) is 28.5. The molecule has 12 nitrogen and oxygen atoms in total. The Kier molecular flexibility index (Phi) is 14.7. The first kappa shape index (κ1) is 47.1. The predicted molar refractivity (Wildman–Crippen MR) is 241 cm³/mol. The quantitative estimate of drug-likeness (QED) is 0.134. The summed E-state index contributed by atoms with van der Waals surface area (Å²) < 4.78 is 17.4. The molecule has 0 radical (unpaired) electrons. The zero-order valence-corrected chi connectivity index (χ0v) is 38.8. The van der Waals surface area contributed by atoms with Crippen molar-refractivity contribution in [2.45, 2.75) is 105 Å². The third kappa shape index (κ3) is 12.1. The van der Waals surface area contributed by atoms with Crippen LogP contribution < -0.4 is 20.5 Å². The van der Waals surface area contributed by atoms with Crippen molar-refractivity contribution >= 4 is 41.1 Å². The van der Waals surface area contributed by atoms with E-state index in [1.807, 2.05) is 71.0 Å². The number of hydrogen-bond acceptors (Lipinski definition) is 9. The monoisotopic (exact) mass is 874 g/mol. The molecule has 3 amide bonds. The molecule has 2 aromatic heterocycles. The average Bonchev–Trinajstić information content (AvgIpc) is 3.61. The van der Waals surface area contributed by atoms with Crippen LogP contribution in [0.2, 0.25) is 10.0 Å². The molecule has 0 unspecified atom stereocenters. The lowest BCUT2D eigenvalue weighted by atomic mass is 9.91. The molecule has 0 fully saturated rings. The second kappa shape index (κ2) is 19.0. The number of halogens is 2. The van der Waals surface area contributed by atoms with Crippen LogP contribution in [0.5, 0.6) is 11.5 Å². The van der Waals surface area contributed by atoms with Gasteiger partial charge in [-0.05, 0) is 118 Å². The lowest BCUT2D eigenvalue weighted by Gasteiger charge is -2.33. The molecule has 14 heteroatoms. The number of fused-ring (bicyclic) bond motifs is 2. The molecule has 0 saturated heterocycles. The first-order valence-corrected chi connectivity index (χ1v) is 21.3. The lowest BCUT2D eigenvalue weighted by Crippen LogP contribution is -2.52. The normalized spacial score (nSPS) is 15.5. The number of nitrogens with one attached hydrogen (secondary N) is 1. The van der Waals surface area contributed by atoms with Crippen molar-refractivity contribution < 1.29 is 28.6 Å². The van der Waals surface area contributed by atoms with Gasteiger partial charge >= 0.3 is 6.09 Å². The van der Waals surface area contributed by atoms with Crippen molar-refractivity contribution in [3.8, 4) is 33.8 Å². The summed E-state index contributed by atoms with van der Waals surface area (Å²) in [4.78, 5) is 49.5. The maximum absolute atomic E-state index is 12.6. The van der Waals surface area contributed by atoms with Crippen molar-refractivity contribution in [1.29, 1.82) is 0 Å². The van der Waals surface area contributed by atoms with Crippen molar-refractivity contribution in [1.82, 2.24) is 25.1 Å². The van der Waals surface area contributed by atoms with Crippen LogP contribution in [0.25, 0.3) is 22.3 Å². The predicted octanol–water partition coefficient (Wildman–Crippen LogP) is 9.83. The van der Waals surface area contributed by atoms with E-state index < -0.39 is 22.8 Å². The highest BCUT2D eigenvalue weighted by atomic mass is 35.5. The molecule has 0 spiro atoms. The maximum Gasteiger partial charge on any atom is 0.408 e. The van der Waals surface area contributed by atoms with E-state index in [1.165, 1.54) is 0 Å². The Bertz CT molecular complexity index is 2260. The van der Waals surface area contributed by atoms with Crippen molar-refractivity contribution in [3.63, 3.8) is 0 Å². The van der Waals surface area contributed by atoms with Gasteiger partial charge in [0.05, 0.1) is 51.2 Å². The van der Waals surface area contributed by atoms with Gasteiger partial charge in [-0.2, -0.15) is 0 Å². The summed E-state index contributed by atoms with van der Waals surface area (Å²) in [6.45, 7) is 19.5. The third-order valence-corrected chi connectivity index (χ3v) is 10.7. The highest BCUT2D eigenvalue weighted by Gasteiger charge is 2.33. The first-order valence-electron chi connectivity index (χ1n) is 20.6. The van der Waals surface area contributed by atoms with E-state index in [0.29, 0.717) is 70.6 Å². The van der Waals surface area contributed by atoms with Gasteiger partial charge in [-0.15, -0.1) is 0 Å². The SMILES string of the molecule is CC(C)C[C@@](C)(COc1ccc(-c2ccnc3c2C(=O)N(C)C3)cc1Cl)NC(=O)OC(C)(C)C.CC(C)C[C@](C)(N)COc1ccc(-c2ccnc3c2C(=O)N(C)C3)cc1Cl. The topological polar surface area (TPSA) is 149 Å². The fourth-order valence-corrected chi connectivity index (χ4v) is 8.29. The molecule has 3 N–H and O–H groups in total. The molecule has 6 rings (SSSR count). The van der Waals surface area contributed by atoms with E-state index in [4.69, 9.17) is 43.1 Å². The molecule has 2 aliphatic rings. The number of ether oxygens (including phenoxy) is 3. The van der Waals surface area contributed by atoms with Gasteiger partial charge in [0.1, 0.15) is 30.3 Å². The van der Waals surface area contributed by atoms with E-state index in [-0.39, 0.29) is 18.4 Å². The number of nitrogens with zero attached hydrogens (tertiary/aromatic N) is 4. The zero-order chi connectivity index (χ0) is 45.0. The smallest absolute Gasteiger partial charge is 0.408 e. The minimum Gasteiger partial charge on any atom is -0.490 e. The minimum absolute atomic E-state index is 0.0165. The summed E-state index contributed by atoms with van der Waals surface area (Å²) >= 11 is 13.0. The summed E-state index contributed by atoms with van der Waals surface area (Å²) in [6, 6.07) is 14.7. The van der Waals surface area contributed by atoms with Gasteiger partial charge in [-0.25, -0.2) is 4.79 Å². The molecule has 0 bridgehead atoms. The summed E-state index contributed by atoms with van der Waals surface area (Å²) in [7, 11) is 3.54. The van der Waals surface area contributed by atoms with Gasteiger partial charge in [0, 0.05) is 32.0 Å². The number of nitrogens with two attached hydrogens (primary N) is 1. The van der Waals surface area contributed by atoms with E-state index in [1.54, 1.807) is 48.4 Å². The average molecular weight is 876 g/mol. The van der Waals surface area contributed by atoms with Crippen molar-refractivity contribution in [2.75, 3.05) is 27.3 Å². The Morgan fingerprint density at radius 3 is 1.59 bits per heavy atom. The van der Waals surface area contributed by atoms with Gasteiger partial charge in [-0.1, -0.05) is 63.0 Å². The van der Waals surface area contributed by atoms with Crippen LogP contribution in [-0.2, 0) is 17.8 Å². The zero-order valence-electron chi connectivity index (χ0n) is 37.2. The van der Waals surface area contributed by atoms with Gasteiger partial charge in [0.25, 0.3) is 11.8 Å². The van der Waals surface area contributed by atoms with Crippen LogP contribution >= 0.6 is 23.2 Å². The number of hydrogen-bond donors (Lipinski definition) is 2. The molecule has 328 valence electrons. The number of benzene rings is 2. The molecule has 61 heavy (non-hydrogen) atoms. The Labute approximate surface area is 370 Å². The minimum atomic E-state index is -0.651. The number of carbonyl (C=O) groups excluding carboxylic acids is 3. The van der Waals surface area contributed by atoms with Gasteiger partial charge in [0.2, 0.25) is 0 Å². The fraction of sp³-hybridized carbons (Fsp3) is 0.468. The second-order valence-electron chi connectivity index (χ2n) is 18.6. The lowest BCUT2D eigenvalue weighted by molar-refractivity contribution is 0.0407. The fourth-order valence-electron chi connectivity index (χ4n) is 7.82. The molecule has 0 saturated carbocycles. The van der Waals surface area contributed by atoms with E-state index >= 15 is 0 Å². The maximum atomic E-state index is 12.6. The van der Waals surface area contributed by atoms with E-state index in [0.717, 1.165) is 40.1 Å². The second-order valence-corrected chi connectivity index (χ2v) is 19.4. The molecular formula is C47H60Cl2N6O6. The van der Waals surface area contributed by atoms with Crippen molar-refractivity contribution in [3.05, 3.63) is 93.5 Å². The Balaban J connectivity index is 0.000000237. The number of aromatic nitrogens is 2. The third-order valence-electron chi connectivity index (χ3n) is 10.1. The summed E-state index contributed by atoms with van der Waals surface area (Å²) in [5.41, 5.74) is 10.8. The number of pyridine rings is 2. The molecule has 4 heterocycles. The number of alkyl carbamates (subject to hydrolysis) is 1. The van der Waals surface area contributed by atoms with Gasteiger partial charge in [0.15, 0.2) is 0 Å². The van der Waals surface area contributed by atoms with Crippen LogP contribution in [0.15, 0.2) is 60.9 Å². The number of rotatable bonds is 13. The highest BCUT2D eigenvalue weighted by molar-refractivity contribution is 6.32. The van der Waals surface area contributed by atoms with Crippen molar-refractivity contribution in [2.24, 2.45) is 17.6 Å². The molecule has 0 aliphatic carbocycles. The molecule has 2 aliphatic heterocycles. The number of carbonyl (C=O) groups is 3. The summed E-state index contributed by atoms with van der Waals surface area (Å²) in [5.74, 6) is 1.84. The molecule has 4 aromatic rings. The van der Waals surface area contributed by atoms with Gasteiger partial charge < -0.3 is 35.1 Å².